The van der Waals surface area contributed by atoms with Crippen LogP contribution >= 0.6 is 0 Å². The van der Waals surface area contributed by atoms with Gasteiger partial charge >= 0.3 is 0 Å². The third-order valence-electron chi connectivity index (χ3n) is 4.17. The second-order valence-electron chi connectivity index (χ2n) is 5.71. The maximum absolute atomic E-state index is 13.2. The first-order valence-electron chi connectivity index (χ1n) is 7.15. The first kappa shape index (κ1) is 13.2. The first-order chi connectivity index (χ1) is 9.63. The van der Waals surface area contributed by atoms with Crippen LogP contribution in [0.3, 0.4) is 0 Å². The molecule has 1 aliphatic heterocycles. The lowest BCUT2D eigenvalue weighted by Gasteiger charge is -2.30. The first-order valence-corrected chi connectivity index (χ1v) is 7.15. The number of halogens is 1. The molecule has 0 radical (unpaired) electrons. The minimum atomic E-state index is -0.244. The van der Waals surface area contributed by atoms with E-state index in [0.29, 0.717) is 6.54 Å². The van der Waals surface area contributed by atoms with Gasteiger partial charge in [-0.3, -0.25) is 4.79 Å². The second-order valence-corrected chi connectivity index (χ2v) is 5.71. The van der Waals surface area contributed by atoms with Gasteiger partial charge in [0.2, 0.25) is 5.91 Å². The number of piperidine rings is 1. The third kappa shape index (κ3) is 2.55. The Morgan fingerprint density at radius 3 is 2.80 bits per heavy atom. The van der Waals surface area contributed by atoms with Gasteiger partial charge in [0.15, 0.2) is 0 Å². The van der Waals surface area contributed by atoms with Crippen molar-refractivity contribution in [3.63, 3.8) is 0 Å². The fourth-order valence-electron chi connectivity index (χ4n) is 2.81. The summed E-state index contributed by atoms with van der Waals surface area (Å²) >= 11 is 0. The van der Waals surface area contributed by atoms with E-state index in [1.807, 2.05) is 21.7 Å². The van der Waals surface area contributed by atoms with E-state index in [2.05, 4.69) is 6.92 Å². The number of rotatable bonds is 2. The molecule has 4 heteroatoms. The minimum absolute atomic E-state index is 0.152. The lowest BCUT2D eigenvalue weighted by Crippen LogP contribution is -2.39. The molecule has 0 atom stereocenters. The predicted octanol–water partition coefficient (Wildman–Crippen LogP) is 3.04. The number of carbonyl (C=O) groups excluding carboxylic acids is 1. The average molecular weight is 274 g/mol. The molecule has 0 N–H and O–H groups in total. The number of nitrogens with zero attached hydrogens (tertiary/aromatic N) is 2. The highest BCUT2D eigenvalue weighted by molar-refractivity contribution is 5.83. The predicted molar refractivity (Wildman–Crippen MR) is 76.9 cm³/mol. The summed E-state index contributed by atoms with van der Waals surface area (Å²) in [6, 6.07) is 6.52. The van der Waals surface area contributed by atoms with Crippen LogP contribution in [-0.2, 0) is 11.3 Å². The summed E-state index contributed by atoms with van der Waals surface area (Å²) in [6.45, 7) is 4.28. The molecular weight excluding hydrogens is 255 g/mol. The third-order valence-corrected chi connectivity index (χ3v) is 4.17. The Kier molecular flexibility index (Phi) is 3.47. The lowest BCUT2D eigenvalue weighted by atomic mass is 9.99. The Bertz CT molecular complexity index is 626. The molecule has 0 bridgehead atoms. The second kappa shape index (κ2) is 5.27. The Hall–Kier alpha value is -1.84. The van der Waals surface area contributed by atoms with Crippen LogP contribution in [-0.4, -0.2) is 28.5 Å². The van der Waals surface area contributed by atoms with Crippen LogP contribution in [0.2, 0.25) is 0 Å². The van der Waals surface area contributed by atoms with Gasteiger partial charge in [-0.2, -0.15) is 0 Å². The quantitative estimate of drug-likeness (QED) is 0.826. The molecule has 0 spiro atoms. The number of hydrogen-bond donors (Lipinski definition) is 0. The number of benzene rings is 1. The van der Waals surface area contributed by atoms with E-state index in [-0.39, 0.29) is 11.7 Å². The molecule has 0 saturated carbocycles. The zero-order chi connectivity index (χ0) is 14.1. The van der Waals surface area contributed by atoms with Crippen molar-refractivity contribution in [2.75, 3.05) is 13.1 Å². The zero-order valence-corrected chi connectivity index (χ0v) is 11.7. The van der Waals surface area contributed by atoms with Gasteiger partial charge < -0.3 is 9.47 Å². The van der Waals surface area contributed by atoms with Crippen LogP contribution in [0.15, 0.2) is 30.5 Å². The van der Waals surface area contributed by atoms with E-state index >= 15 is 0 Å². The monoisotopic (exact) mass is 274 g/mol. The molecule has 1 fully saturated rings. The molecule has 1 aliphatic rings. The van der Waals surface area contributed by atoms with Crippen LogP contribution in [0.25, 0.3) is 10.9 Å². The van der Waals surface area contributed by atoms with Crippen molar-refractivity contribution in [3.05, 3.63) is 36.3 Å². The van der Waals surface area contributed by atoms with Gasteiger partial charge in [0.05, 0.1) is 0 Å². The van der Waals surface area contributed by atoms with Crippen molar-refractivity contribution >= 4 is 16.8 Å². The molecule has 0 unspecified atom stereocenters. The van der Waals surface area contributed by atoms with Gasteiger partial charge in [-0.1, -0.05) is 6.92 Å². The van der Waals surface area contributed by atoms with Crippen molar-refractivity contribution in [1.29, 1.82) is 0 Å². The van der Waals surface area contributed by atoms with Gasteiger partial charge in [0, 0.05) is 30.2 Å². The van der Waals surface area contributed by atoms with Gasteiger partial charge in [-0.05, 0) is 43.0 Å². The van der Waals surface area contributed by atoms with Crippen molar-refractivity contribution in [1.82, 2.24) is 9.47 Å². The van der Waals surface area contributed by atoms with Gasteiger partial charge in [-0.15, -0.1) is 0 Å². The summed E-state index contributed by atoms with van der Waals surface area (Å²) in [6.07, 6.45) is 4.03. The molecule has 2 heterocycles. The highest BCUT2D eigenvalue weighted by Gasteiger charge is 2.20. The van der Waals surface area contributed by atoms with Crippen LogP contribution in [0, 0.1) is 11.7 Å². The maximum Gasteiger partial charge on any atom is 0.242 e. The molecular formula is C16H19FN2O. The number of aromatic nitrogens is 1. The smallest absolute Gasteiger partial charge is 0.242 e. The number of amides is 1. The van der Waals surface area contributed by atoms with Crippen LogP contribution in [0.1, 0.15) is 19.8 Å². The normalized spacial score (nSPS) is 16.8. The van der Waals surface area contributed by atoms with E-state index in [9.17, 15) is 9.18 Å². The van der Waals surface area contributed by atoms with Crippen molar-refractivity contribution < 1.29 is 9.18 Å². The van der Waals surface area contributed by atoms with E-state index in [4.69, 9.17) is 0 Å². The summed E-state index contributed by atoms with van der Waals surface area (Å²) in [7, 11) is 0. The number of carbonyl (C=O) groups is 1. The summed E-state index contributed by atoms with van der Waals surface area (Å²) in [4.78, 5) is 14.3. The highest BCUT2D eigenvalue weighted by Crippen LogP contribution is 2.19. The highest BCUT2D eigenvalue weighted by atomic mass is 19.1. The van der Waals surface area contributed by atoms with E-state index in [1.165, 1.54) is 12.1 Å². The van der Waals surface area contributed by atoms with Crippen molar-refractivity contribution in [2.45, 2.75) is 26.3 Å². The molecule has 106 valence electrons. The topological polar surface area (TPSA) is 25.2 Å². The van der Waals surface area contributed by atoms with Crippen LogP contribution in [0.5, 0.6) is 0 Å². The van der Waals surface area contributed by atoms with E-state index in [0.717, 1.165) is 42.8 Å². The summed E-state index contributed by atoms with van der Waals surface area (Å²) in [5, 5.41) is 0.838. The minimum Gasteiger partial charge on any atom is -0.341 e. The van der Waals surface area contributed by atoms with E-state index < -0.39 is 0 Å². The maximum atomic E-state index is 13.2. The molecule has 2 aromatic rings. The molecule has 3 nitrogen and oxygen atoms in total. The number of hydrogen-bond acceptors (Lipinski definition) is 1. The van der Waals surface area contributed by atoms with Gasteiger partial charge in [0.1, 0.15) is 12.4 Å². The fraction of sp³-hybridized carbons (Fsp3) is 0.438. The SMILES string of the molecule is CC1CCN(C(=O)Cn2ccc3cc(F)ccc32)CC1. The molecule has 1 saturated heterocycles. The average Bonchev–Trinajstić information content (AvgIpc) is 2.81. The lowest BCUT2D eigenvalue weighted by molar-refractivity contribution is -0.133. The van der Waals surface area contributed by atoms with E-state index in [1.54, 1.807) is 6.07 Å². The molecule has 1 aromatic carbocycles. The van der Waals surface area contributed by atoms with Gasteiger partial charge in [-0.25, -0.2) is 4.39 Å². The van der Waals surface area contributed by atoms with Gasteiger partial charge in [0.25, 0.3) is 0 Å². The standard InChI is InChI=1S/C16H19FN2O/c1-12-4-7-18(8-5-12)16(20)11-19-9-6-13-10-14(17)2-3-15(13)19/h2-3,6,9-10,12H,4-5,7-8,11H2,1H3. The number of fused-ring (bicyclic) bond motifs is 1. The number of likely N-dealkylation sites (tertiary alicyclic amines) is 1. The Morgan fingerprint density at radius 2 is 2.05 bits per heavy atom. The summed E-state index contributed by atoms with van der Waals surface area (Å²) in [5.41, 5.74) is 0.908. The van der Waals surface area contributed by atoms with Crippen LogP contribution in [0.4, 0.5) is 4.39 Å². The summed E-state index contributed by atoms with van der Waals surface area (Å²) in [5.74, 6) is 0.625. The Morgan fingerprint density at radius 1 is 1.30 bits per heavy atom. The largest absolute Gasteiger partial charge is 0.341 e. The van der Waals surface area contributed by atoms with Crippen molar-refractivity contribution in [2.24, 2.45) is 5.92 Å². The molecule has 0 aliphatic carbocycles. The molecule has 1 amide bonds. The Labute approximate surface area is 118 Å². The van der Waals surface area contributed by atoms with Crippen LogP contribution < -0.4 is 0 Å². The molecule has 20 heavy (non-hydrogen) atoms. The zero-order valence-electron chi connectivity index (χ0n) is 11.7. The molecule has 3 rings (SSSR count). The molecule has 1 aromatic heterocycles. The fourth-order valence-corrected chi connectivity index (χ4v) is 2.81. The summed E-state index contributed by atoms with van der Waals surface area (Å²) < 4.78 is 15.0. The Balaban J connectivity index is 1.74. The van der Waals surface area contributed by atoms with Crippen molar-refractivity contribution in [3.8, 4) is 0 Å².